The summed E-state index contributed by atoms with van der Waals surface area (Å²) in [5.74, 6) is 2.60. The van der Waals surface area contributed by atoms with Crippen LogP contribution in [-0.2, 0) is 9.59 Å². The summed E-state index contributed by atoms with van der Waals surface area (Å²) in [4.78, 5) is 27.8. The molecule has 258 valence electrons. The van der Waals surface area contributed by atoms with Gasteiger partial charge in [0, 0.05) is 43.8 Å². The summed E-state index contributed by atoms with van der Waals surface area (Å²) in [6.45, 7) is 4.00. The molecule has 0 aromatic heterocycles. The number of hydrazone groups is 2. The predicted molar refractivity (Wildman–Crippen MR) is 210 cm³/mol. The molecule has 0 aliphatic heterocycles. The van der Waals surface area contributed by atoms with Crippen molar-refractivity contribution in [2.75, 3.05) is 21.5 Å². The van der Waals surface area contributed by atoms with Gasteiger partial charge >= 0.3 is 0 Å². The average Bonchev–Trinajstić information content (AvgIpc) is 3.14. The molecule has 4 aromatic rings. The summed E-state index contributed by atoms with van der Waals surface area (Å²) < 4.78 is 0. The minimum absolute atomic E-state index is 0.128. The minimum Gasteiger partial charge on any atom is -0.336 e. The molecule has 0 aliphatic rings. The first-order chi connectivity index (χ1) is 24.1. The number of halogens is 3. The van der Waals surface area contributed by atoms with Crippen molar-refractivity contribution in [1.29, 1.82) is 0 Å². The summed E-state index contributed by atoms with van der Waals surface area (Å²) in [5, 5.41) is 17.0. The molecular formula is C39H39Cl3N6O2. The smallest absolute Gasteiger partial charge is 0.205 e. The average molecular weight is 730 g/mol. The second-order valence-electron chi connectivity index (χ2n) is 11.6. The number of rotatable bonds is 16. The number of hydrogen-bond acceptors (Lipinski definition) is 6. The van der Waals surface area contributed by atoms with E-state index in [4.69, 9.17) is 41.2 Å². The van der Waals surface area contributed by atoms with E-state index in [0.717, 1.165) is 5.56 Å². The van der Waals surface area contributed by atoms with Crippen LogP contribution in [0.4, 0.5) is 22.7 Å². The van der Waals surface area contributed by atoms with Crippen molar-refractivity contribution in [2.24, 2.45) is 15.6 Å². The molecule has 50 heavy (non-hydrogen) atoms. The quantitative estimate of drug-likeness (QED) is 0.0301. The molecule has 0 aliphatic carbocycles. The summed E-state index contributed by atoms with van der Waals surface area (Å²) >= 11 is 18.2. The third kappa shape index (κ3) is 11.1. The van der Waals surface area contributed by atoms with Crippen molar-refractivity contribution in [1.82, 2.24) is 0 Å². The van der Waals surface area contributed by atoms with Crippen LogP contribution in [0.15, 0.2) is 107 Å². The molecule has 0 atom stereocenters. The monoisotopic (exact) mass is 728 g/mol. The maximum atomic E-state index is 14.3. The molecule has 4 rings (SSSR count). The maximum Gasteiger partial charge on any atom is 0.205 e. The van der Waals surface area contributed by atoms with Crippen molar-refractivity contribution >= 4 is 80.8 Å². The number of benzene rings is 4. The van der Waals surface area contributed by atoms with Crippen molar-refractivity contribution in [3.63, 3.8) is 0 Å². The van der Waals surface area contributed by atoms with Crippen LogP contribution in [0, 0.1) is 17.8 Å². The third-order valence-corrected chi connectivity index (χ3v) is 9.08. The van der Waals surface area contributed by atoms with Crippen LogP contribution >= 0.6 is 34.8 Å². The van der Waals surface area contributed by atoms with E-state index in [9.17, 15) is 9.59 Å². The standard InChI is InChI=1S/C39H39Cl3N6O2/c1-4-27-10-18-31(19-11-27)43-37(47-45-33-22-14-29(41)15-23-33)35(49)9-7-8-26-39(5-2,6-3)36(50)38(44-32-20-12-28(40)13-21-32)48-46-34-24-16-30(42)17-25-34/h1,10-25,45-46H,5-9,26H2,2-3H3,(H,43,47)(H,44,48). The number of anilines is 4. The van der Waals surface area contributed by atoms with Crippen LogP contribution in [0.25, 0.3) is 0 Å². The zero-order chi connectivity index (χ0) is 35.9. The molecule has 0 spiro atoms. The van der Waals surface area contributed by atoms with Crippen LogP contribution in [0.2, 0.25) is 15.1 Å². The zero-order valence-corrected chi connectivity index (χ0v) is 30.2. The number of amidine groups is 2. The summed E-state index contributed by atoms with van der Waals surface area (Å²) in [6, 6.07) is 28.3. The fraction of sp³-hybridized carbons (Fsp3) is 0.231. The van der Waals surface area contributed by atoms with Crippen molar-refractivity contribution < 1.29 is 9.59 Å². The highest BCUT2D eigenvalue weighted by molar-refractivity contribution is 6.45. The normalized spacial score (nSPS) is 11.8. The van der Waals surface area contributed by atoms with E-state index in [0.29, 0.717) is 69.9 Å². The Bertz CT molecular complexity index is 1830. The van der Waals surface area contributed by atoms with Gasteiger partial charge in [0.05, 0.1) is 11.4 Å². The molecular weight excluding hydrogens is 691 g/mol. The molecule has 0 saturated carbocycles. The Balaban J connectivity index is 1.47. The zero-order valence-electron chi connectivity index (χ0n) is 27.9. The van der Waals surface area contributed by atoms with Gasteiger partial charge in [0.1, 0.15) is 0 Å². The van der Waals surface area contributed by atoms with Gasteiger partial charge in [-0.25, -0.2) is 0 Å². The number of nitrogens with zero attached hydrogens (tertiary/aromatic N) is 2. The van der Waals surface area contributed by atoms with Gasteiger partial charge < -0.3 is 10.6 Å². The van der Waals surface area contributed by atoms with Crippen molar-refractivity contribution in [2.45, 2.75) is 52.4 Å². The third-order valence-electron chi connectivity index (χ3n) is 8.33. The number of carbonyl (C=O) groups excluding carboxylic acids is 2. The molecule has 0 heterocycles. The first-order valence-electron chi connectivity index (χ1n) is 16.3. The molecule has 0 saturated heterocycles. The lowest BCUT2D eigenvalue weighted by molar-refractivity contribution is -0.122. The molecule has 0 unspecified atom stereocenters. The van der Waals surface area contributed by atoms with Gasteiger partial charge in [0.15, 0.2) is 17.5 Å². The van der Waals surface area contributed by atoms with Crippen LogP contribution in [0.1, 0.15) is 57.9 Å². The van der Waals surface area contributed by atoms with Crippen LogP contribution in [0.5, 0.6) is 0 Å². The van der Waals surface area contributed by atoms with Crippen molar-refractivity contribution in [3.8, 4) is 12.3 Å². The van der Waals surface area contributed by atoms with E-state index in [2.05, 4.69) is 37.6 Å². The van der Waals surface area contributed by atoms with Crippen LogP contribution in [0.3, 0.4) is 0 Å². The Kier molecular flexibility index (Phi) is 14.3. The molecule has 0 radical (unpaired) electrons. The minimum atomic E-state index is -0.715. The van der Waals surface area contributed by atoms with Gasteiger partial charge in [-0.3, -0.25) is 20.4 Å². The van der Waals surface area contributed by atoms with Gasteiger partial charge in [-0.1, -0.05) is 61.0 Å². The Hall–Kier alpha value is -4.81. The molecule has 4 aromatic carbocycles. The lowest BCUT2D eigenvalue weighted by Gasteiger charge is -2.31. The molecule has 4 N–H and O–H groups in total. The number of unbranched alkanes of at least 4 members (excludes halogenated alkanes) is 1. The highest BCUT2D eigenvalue weighted by Gasteiger charge is 2.37. The van der Waals surface area contributed by atoms with Crippen LogP contribution in [-0.4, -0.2) is 23.2 Å². The lowest BCUT2D eigenvalue weighted by Crippen LogP contribution is -2.39. The van der Waals surface area contributed by atoms with E-state index in [1.807, 2.05) is 13.8 Å². The Morgan fingerprint density at radius 2 is 1.06 bits per heavy atom. The maximum absolute atomic E-state index is 14.3. The lowest BCUT2D eigenvalue weighted by atomic mass is 9.73. The predicted octanol–water partition coefficient (Wildman–Crippen LogP) is 10.5. The van der Waals surface area contributed by atoms with Gasteiger partial charge in [-0.15, -0.1) is 6.42 Å². The number of nitrogens with one attached hydrogen (secondary N) is 4. The molecule has 0 fully saturated rings. The van der Waals surface area contributed by atoms with E-state index in [-0.39, 0.29) is 29.7 Å². The highest BCUT2D eigenvalue weighted by Crippen LogP contribution is 2.35. The van der Waals surface area contributed by atoms with E-state index < -0.39 is 5.41 Å². The first-order valence-corrected chi connectivity index (χ1v) is 17.4. The van der Waals surface area contributed by atoms with Crippen molar-refractivity contribution in [3.05, 3.63) is 118 Å². The summed E-state index contributed by atoms with van der Waals surface area (Å²) in [6.07, 6.45) is 8.63. The molecule has 0 amide bonds. The number of Topliss-reactive ketones (excluding diaryl/α,β-unsaturated/α-hetero) is 2. The Morgan fingerprint density at radius 3 is 1.52 bits per heavy atom. The fourth-order valence-corrected chi connectivity index (χ4v) is 5.58. The van der Waals surface area contributed by atoms with E-state index >= 15 is 0 Å². The number of ketones is 2. The highest BCUT2D eigenvalue weighted by atomic mass is 35.5. The molecule has 11 heteroatoms. The van der Waals surface area contributed by atoms with Crippen LogP contribution < -0.4 is 21.5 Å². The first kappa shape index (κ1) is 38.0. The second kappa shape index (κ2) is 18.8. The largest absolute Gasteiger partial charge is 0.336 e. The Morgan fingerprint density at radius 1 is 0.640 bits per heavy atom. The number of terminal acetylenes is 1. The second-order valence-corrected chi connectivity index (χ2v) is 12.9. The summed E-state index contributed by atoms with van der Waals surface area (Å²) in [7, 11) is 0. The summed E-state index contributed by atoms with van der Waals surface area (Å²) in [5.41, 5.74) is 8.62. The van der Waals surface area contributed by atoms with Gasteiger partial charge in [-0.05, 0) is 123 Å². The van der Waals surface area contributed by atoms with Gasteiger partial charge in [-0.2, -0.15) is 10.2 Å². The SMILES string of the molecule is C#Cc1ccc(NC(=NNc2ccc(Cl)cc2)C(=O)CCCCC(CC)(CC)C(=O)C(=NNc2ccc(Cl)cc2)Nc2ccc(Cl)cc2)cc1. The topological polar surface area (TPSA) is 107 Å². The van der Waals surface area contributed by atoms with E-state index in [1.54, 1.807) is 97.1 Å². The van der Waals surface area contributed by atoms with Gasteiger partial charge in [0.2, 0.25) is 5.78 Å². The Labute approximate surface area is 308 Å². The van der Waals surface area contributed by atoms with E-state index in [1.165, 1.54) is 0 Å². The number of carbonyl (C=O) groups is 2. The molecule has 0 bridgehead atoms. The fourth-order valence-electron chi connectivity index (χ4n) is 5.20. The van der Waals surface area contributed by atoms with Gasteiger partial charge in [0.25, 0.3) is 0 Å². The number of hydrogen-bond donors (Lipinski definition) is 4. The molecule has 8 nitrogen and oxygen atoms in total.